The molecule has 174 valence electrons. The Morgan fingerprint density at radius 1 is 0.743 bits per heavy atom. The quantitative estimate of drug-likeness (QED) is 0.104. The van der Waals surface area contributed by atoms with Crippen molar-refractivity contribution in [3.8, 4) is 23.0 Å². The fourth-order valence-corrected chi connectivity index (χ4v) is 7.39. The fraction of sp³-hybridized carbons (Fsp3) is 0.0500. The number of aromatic hydroxyl groups is 2. The normalized spacial score (nSPS) is 14.2. The standard InChI is InChI=1S/C20H4Br4Cl4O5.2Na.2H/c21-5-1-3-17(9(23)15(5)29)32-18-4(2-6(22)16(30)10(18)24)20(3)8-7(19(31)33-20)11(25)13(27)14(28)12(8)26;;;;/h1-2,29-30H;;;;. The van der Waals surface area contributed by atoms with Gasteiger partial charge in [0.1, 0.15) is 20.4 Å². The van der Waals surface area contributed by atoms with E-state index < -0.39 is 11.6 Å². The van der Waals surface area contributed by atoms with Crippen molar-refractivity contribution in [3.63, 3.8) is 0 Å². The molecule has 0 saturated heterocycles. The van der Waals surface area contributed by atoms with Crippen LogP contribution in [0.25, 0.3) is 0 Å². The first-order valence-corrected chi connectivity index (χ1v) is 13.3. The average molecular weight is 834 g/mol. The summed E-state index contributed by atoms with van der Waals surface area (Å²) in [4.78, 5) is 13.2. The van der Waals surface area contributed by atoms with Crippen molar-refractivity contribution >= 4 is 175 Å². The maximum absolute atomic E-state index is 13.2. The Bertz CT molecular complexity index is 1410. The van der Waals surface area contributed by atoms with Gasteiger partial charge in [-0.3, -0.25) is 0 Å². The number of fused-ring (bicyclic) bond motifs is 6. The zero-order valence-electron chi connectivity index (χ0n) is 15.3. The Morgan fingerprint density at radius 2 is 1.17 bits per heavy atom. The molecule has 1 spiro atoms. The number of phenolic OH excluding ortho intramolecular Hbond substituents is 2. The summed E-state index contributed by atoms with van der Waals surface area (Å²) in [5.74, 6) is -0.885. The molecule has 15 heteroatoms. The summed E-state index contributed by atoms with van der Waals surface area (Å²) in [5, 5.41) is 20.7. The number of benzene rings is 3. The molecule has 35 heavy (non-hydrogen) atoms. The molecule has 2 N–H and O–H groups in total. The van der Waals surface area contributed by atoms with Gasteiger partial charge in [0.05, 0.1) is 45.7 Å². The van der Waals surface area contributed by atoms with Crippen LogP contribution < -0.4 is 4.74 Å². The van der Waals surface area contributed by atoms with E-state index in [0.717, 1.165) is 0 Å². The van der Waals surface area contributed by atoms with Crippen LogP contribution in [0.2, 0.25) is 20.1 Å². The van der Waals surface area contributed by atoms with E-state index in [1.54, 1.807) is 0 Å². The Balaban J connectivity index is 0.00000171. The van der Waals surface area contributed by atoms with Crippen molar-refractivity contribution in [1.29, 1.82) is 0 Å². The summed E-state index contributed by atoms with van der Waals surface area (Å²) in [7, 11) is 0. The number of carbonyl (C=O) groups is 1. The maximum atomic E-state index is 13.2. The minimum absolute atomic E-state index is 0. The number of carbonyl (C=O) groups excluding carboxylic acids is 1. The molecule has 0 bridgehead atoms. The monoisotopic (exact) mass is 828 g/mol. The van der Waals surface area contributed by atoms with Crippen LogP contribution in [0.5, 0.6) is 23.0 Å². The molecule has 2 aliphatic rings. The van der Waals surface area contributed by atoms with Crippen molar-refractivity contribution in [2.45, 2.75) is 5.60 Å². The number of hydrogen-bond donors (Lipinski definition) is 2. The van der Waals surface area contributed by atoms with Crippen molar-refractivity contribution in [2.75, 3.05) is 0 Å². The van der Waals surface area contributed by atoms with Gasteiger partial charge in [0, 0.05) is 5.56 Å². The molecule has 2 heterocycles. The van der Waals surface area contributed by atoms with Gasteiger partial charge in [0.25, 0.3) is 0 Å². The van der Waals surface area contributed by atoms with Crippen LogP contribution in [0.1, 0.15) is 27.0 Å². The van der Waals surface area contributed by atoms with Crippen LogP contribution in [0.15, 0.2) is 30.0 Å². The summed E-state index contributed by atoms with van der Waals surface area (Å²) in [6, 6.07) is 3.06. The molecule has 3 aromatic carbocycles. The van der Waals surface area contributed by atoms with Crippen LogP contribution in [0.4, 0.5) is 0 Å². The van der Waals surface area contributed by atoms with Gasteiger partial charge in [0.15, 0.2) is 17.1 Å². The van der Waals surface area contributed by atoms with Gasteiger partial charge in [0.2, 0.25) is 0 Å². The van der Waals surface area contributed by atoms with Crippen molar-refractivity contribution in [2.24, 2.45) is 0 Å². The zero-order chi connectivity index (χ0) is 24.1. The number of esters is 1. The molecule has 0 aliphatic carbocycles. The van der Waals surface area contributed by atoms with Gasteiger partial charge in [-0.15, -0.1) is 0 Å². The third-order valence-corrected chi connectivity index (χ3v) is 9.81. The first-order chi connectivity index (χ1) is 15.4. The predicted octanol–water partition coefficient (Wildman–Crippen LogP) is 8.03. The number of ether oxygens (including phenoxy) is 2. The van der Waals surface area contributed by atoms with E-state index in [9.17, 15) is 15.0 Å². The predicted molar refractivity (Wildman–Crippen MR) is 153 cm³/mol. The Morgan fingerprint density at radius 3 is 1.63 bits per heavy atom. The van der Waals surface area contributed by atoms with Gasteiger partial charge in [-0.2, -0.15) is 0 Å². The van der Waals surface area contributed by atoms with Crippen LogP contribution in [-0.2, 0) is 10.3 Å². The SMILES string of the molecule is O=C1OC2(c3cc(Br)c(O)c(Br)c3Oc3c2cc(Br)c(O)c3Br)c2c(Cl)c(Cl)c(Cl)c(Cl)c21.[NaH].[NaH]. The van der Waals surface area contributed by atoms with Crippen molar-refractivity contribution < 1.29 is 24.5 Å². The molecule has 5 nitrogen and oxygen atoms in total. The number of halogens is 8. The van der Waals surface area contributed by atoms with E-state index in [0.29, 0.717) is 11.1 Å². The molecule has 0 unspecified atom stereocenters. The summed E-state index contributed by atoms with van der Waals surface area (Å²) >= 11 is 39.0. The zero-order valence-corrected chi connectivity index (χ0v) is 24.7. The molecule has 2 aliphatic heterocycles. The van der Waals surface area contributed by atoms with Gasteiger partial charge in [-0.1, -0.05) is 46.4 Å². The van der Waals surface area contributed by atoms with Gasteiger partial charge < -0.3 is 19.7 Å². The first kappa shape index (κ1) is 31.1. The molecule has 0 saturated carbocycles. The molecule has 5 rings (SSSR count). The molecule has 0 amide bonds. The number of hydrogen-bond acceptors (Lipinski definition) is 5. The Kier molecular flexibility index (Phi) is 9.68. The second-order valence-electron chi connectivity index (χ2n) is 6.97. The second-order valence-corrected chi connectivity index (χ2v) is 11.8. The van der Waals surface area contributed by atoms with E-state index in [4.69, 9.17) is 55.9 Å². The third-order valence-electron chi connectivity index (χ3n) is 5.33. The van der Waals surface area contributed by atoms with Crippen LogP contribution in [-0.4, -0.2) is 75.3 Å². The van der Waals surface area contributed by atoms with Gasteiger partial charge >= 0.3 is 65.1 Å². The van der Waals surface area contributed by atoms with Gasteiger partial charge in [-0.25, -0.2) is 4.79 Å². The van der Waals surface area contributed by atoms with Crippen molar-refractivity contribution in [1.82, 2.24) is 0 Å². The van der Waals surface area contributed by atoms with E-state index in [1.165, 1.54) is 12.1 Å². The summed E-state index contributed by atoms with van der Waals surface area (Å²) < 4.78 is 13.0. The molecular weight excluding hydrogens is 828 g/mol. The van der Waals surface area contributed by atoms with E-state index in [1.807, 2.05) is 0 Å². The molecule has 0 aromatic heterocycles. The number of phenols is 2. The topological polar surface area (TPSA) is 76.0 Å². The third kappa shape index (κ3) is 4.31. The molecular formula is C20H6Br4Cl4Na2O5. The molecule has 3 aromatic rings. The number of rotatable bonds is 0. The van der Waals surface area contributed by atoms with Gasteiger partial charge in [-0.05, 0) is 75.9 Å². The first-order valence-electron chi connectivity index (χ1n) is 8.63. The van der Waals surface area contributed by atoms with E-state index in [2.05, 4.69) is 63.7 Å². The Hall–Kier alpha value is 1.61. The minimum atomic E-state index is -1.72. The Labute approximate surface area is 296 Å². The summed E-state index contributed by atoms with van der Waals surface area (Å²) in [5.41, 5.74) is -1.02. The molecule has 0 radical (unpaired) electrons. The van der Waals surface area contributed by atoms with Crippen LogP contribution in [0, 0.1) is 0 Å². The van der Waals surface area contributed by atoms with E-state index in [-0.39, 0.29) is 131 Å². The molecule has 0 fully saturated rings. The van der Waals surface area contributed by atoms with E-state index >= 15 is 0 Å². The van der Waals surface area contributed by atoms with Crippen LogP contribution in [0.3, 0.4) is 0 Å². The summed E-state index contributed by atoms with van der Waals surface area (Å²) in [6.45, 7) is 0. The fourth-order valence-electron chi connectivity index (χ4n) is 3.93. The van der Waals surface area contributed by atoms with Crippen LogP contribution >= 0.6 is 110 Å². The average Bonchev–Trinajstić information content (AvgIpc) is 3.08. The van der Waals surface area contributed by atoms with Crippen molar-refractivity contribution in [3.05, 3.63) is 72.4 Å². The second kappa shape index (κ2) is 10.9. The molecule has 0 atom stereocenters. The summed E-state index contributed by atoms with van der Waals surface area (Å²) in [6.07, 6.45) is 0.